The number of phenols is 1. The Morgan fingerprint density at radius 3 is 2.65 bits per heavy atom. The van der Waals surface area contributed by atoms with Gasteiger partial charge in [-0.3, -0.25) is 0 Å². The van der Waals surface area contributed by atoms with Crippen LogP contribution in [0.1, 0.15) is 65.0 Å². The molecule has 0 spiro atoms. The second-order valence-electron chi connectivity index (χ2n) is 6.43. The van der Waals surface area contributed by atoms with Gasteiger partial charge < -0.3 is 10.4 Å². The van der Waals surface area contributed by atoms with E-state index in [2.05, 4.69) is 26.1 Å². The summed E-state index contributed by atoms with van der Waals surface area (Å²) in [5.41, 5.74) is 0.834. The molecule has 0 amide bonds. The van der Waals surface area contributed by atoms with E-state index in [1.54, 1.807) is 0 Å². The molecule has 0 saturated heterocycles. The second-order valence-corrected chi connectivity index (χ2v) is 6.43. The molecular weight excluding hydrogens is 253 g/mol. The fourth-order valence-corrected chi connectivity index (χ4v) is 2.35. The minimum absolute atomic E-state index is 0.0591. The number of rotatable bonds is 8. The summed E-state index contributed by atoms with van der Waals surface area (Å²) in [6, 6.07) is 4.03. The number of nitrogens with one attached hydrogen (secondary N) is 1. The van der Waals surface area contributed by atoms with Crippen LogP contribution in [0.15, 0.2) is 18.2 Å². The zero-order chi connectivity index (χ0) is 15.2. The Bertz CT molecular complexity index is 417. The third-order valence-corrected chi connectivity index (χ3v) is 3.80. The first kappa shape index (κ1) is 17.0. The van der Waals surface area contributed by atoms with Crippen LogP contribution in [0, 0.1) is 11.2 Å². The third-order valence-electron chi connectivity index (χ3n) is 3.80. The fourth-order valence-electron chi connectivity index (χ4n) is 2.35. The predicted molar refractivity (Wildman–Crippen MR) is 82.4 cm³/mol. The van der Waals surface area contributed by atoms with Gasteiger partial charge in [-0.15, -0.1) is 0 Å². The molecule has 0 aliphatic rings. The van der Waals surface area contributed by atoms with Crippen LogP contribution in [0.3, 0.4) is 0 Å². The van der Waals surface area contributed by atoms with E-state index in [1.165, 1.54) is 43.9 Å². The van der Waals surface area contributed by atoms with E-state index in [1.807, 2.05) is 6.92 Å². The minimum atomic E-state index is -0.311. The van der Waals surface area contributed by atoms with Crippen LogP contribution < -0.4 is 5.32 Å². The molecule has 2 N–H and O–H groups in total. The molecule has 0 radical (unpaired) electrons. The van der Waals surface area contributed by atoms with Gasteiger partial charge in [0.1, 0.15) is 11.6 Å². The van der Waals surface area contributed by atoms with Crippen LogP contribution in [0.25, 0.3) is 0 Å². The van der Waals surface area contributed by atoms with Gasteiger partial charge in [0.25, 0.3) is 0 Å². The lowest BCUT2D eigenvalue weighted by Gasteiger charge is -2.27. The molecule has 0 heterocycles. The first-order valence-electron chi connectivity index (χ1n) is 7.57. The van der Waals surface area contributed by atoms with Gasteiger partial charge in [0, 0.05) is 18.2 Å². The Morgan fingerprint density at radius 1 is 1.30 bits per heavy atom. The summed E-state index contributed by atoms with van der Waals surface area (Å²) in [5.74, 6) is -0.163. The maximum atomic E-state index is 13.2. The first-order chi connectivity index (χ1) is 9.35. The van der Waals surface area contributed by atoms with Crippen molar-refractivity contribution >= 4 is 0 Å². The number of hydrogen-bond acceptors (Lipinski definition) is 2. The molecule has 0 aliphatic heterocycles. The molecule has 3 heteroatoms. The largest absolute Gasteiger partial charge is 0.508 e. The molecular formula is C17H28FNO. The first-order valence-corrected chi connectivity index (χ1v) is 7.57. The van der Waals surface area contributed by atoms with Crippen molar-refractivity contribution in [2.75, 3.05) is 6.54 Å². The number of unbranched alkanes of at least 4 members (excludes halogenated alkanes) is 2. The SMILES string of the molecule is CCCCCC(C)(C)CNC(C)c1cc(F)ccc1O. The maximum absolute atomic E-state index is 13.2. The zero-order valence-electron chi connectivity index (χ0n) is 13.2. The van der Waals surface area contributed by atoms with Crippen molar-refractivity contribution in [2.24, 2.45) is 5.41 Å². The molecule has 0 aliphatic carbocycles. The molecule has 1 aromatic rings. The number of phenolic OH excluding ortho intramolecular Hbond substituents is 1. The van der Waals surface area contributed by atoms with Gasteiger partial charge in [-0.05, 0) is 37.0 Å². The lowest BCUT2D eigenvalue weighted by Crippen LogP contribution is -2.31. The van der Waals surface area contributed by atoms with Crippen molar-refractivity contribution in [3.63, 3.8) is 0 Å². The average Bonchev–Trinajstić information content (AvgIpc) is 2.39. The molecule has 0 saturated carbocycles. The van der Waals surface area contributed by atoms with Gasteiger partial charge in [-0.1, -0.05) is 40.0 Å². The van der Waals surface area contributed by atoms with Crippen LogP contribution in [0.4, 0.5) is 4.39 Å². The number of hydrogen-bond donors (Lipinski definition) is 2. The van der Waals surface area contributed by atoms with Crippen molar-refractivity contribution in [3.05, 3.63) is 29.6 Å². The van der Waals surface area contributed by atoms with Gasteiger partial charge in [0.15, 0.2) is 0 Å². The Kier molecular flexibility index (Phi) is 6.47. The van der Waals surface area contributed by atoms with Crippen LogP contribution >= 0.6 is 0 Å². The molecule has 20 heavy (non-hydrogen) atoms. The van der Waals surface area contributed by atoms with E-state index in [4.69, 9.17) is 0 Å². The van der Waals surface area contributed by atoms with Crippen LogP contribution in [-0.2, 0) is 0 Å². The van der Waals surface area contributed by atoms with Crippen LogP contribution in [0.2, 0.25) is 0 Å². The lowest BCUT2D eigenvalue weighted by molar-refractivity contribution is 0.289. The summed E-state index contributed by atoms with van der Waals surface area (Å²) in [7, 11) is 0. The van der Waals surface area contributed by atoms with E-state index in [0.717, 1.165) is 6.54 Å². The Hall–Kier alpha value is -1.09. The fraction of sp³-hybridized carbons (Fsp3) is 0.647. The topological polar surface area (TPSA) is 32.3 Å². The summed E-state index contributed by atoms with van der Waals surface area (Å²) < 4.78 is 13.2. The van der Waals surface area contributed by atoms with Crippen molar-refractivity contribution in [1.82, 2.24) is 5.32 Å². The summed E-state index contributed by atoms with van der Waals surface area (Å²) in [5, 5.41) is 13.2. The highest BCUT2D eigenvalue weighted by Gasteiger charge is 2.19. The highest BCUT2D eigenvalue weighted by molar-refractivity contribution is 5.34. The number of aromatic hydroxyl groups is 1. The number of halogens is 1. The van der Waals surface area contributed by atoms with Gasteiger partial charge in [0.2, 0.25) is 0 Å². The van der Waals surface area contributed by atoms with Gasteiger partial charge in [-0.25, -0.2) is 4.39 Å². The Balaban J connectivity index is 2.53. The summed E-state index contributed by atoms with van der Waals surface area (Å²) in [6.07, 6.45) is 4.92. The van der Waals surface area contributed by atoms with Crippen LogP contribution in [0.5, 0.6) is 5.75 Å². The zero-order valence-corrected chi connectivity index (χ0v) is 13.2. The van der Waals surface area contributed by atoms with Crippen molar-refractivity contribution in [2.45, 2.75) is 59.4 Å². The maximum Gasteiger partial charge on any atom is 0.123 e. The molecule has 1 aromatic carbocycles. The standard InChI is InChI=1S/C17H28FNO/c1-5-6-7-10-17(3,4)12-19-13(2)15-11-14(18)8-9-16(15)20/h8-9,11,13,19-20H,5-7,10,12H2,1-4H3. The quantitative estimate of drug-likeness (QED) is 0.672. The highest BCUT2D eigenvalue weighted by Crippen LogP contribution is 2.27. The molecule has 1 atom stereocenters. The predicted octanol–water partition coefficient (Wildman–Crippen LogP) is 4.79. The van der Waals surface area contributed by atoms with Crippen molar-refractivity contribution in [3.8, 4) is 5.75 Å². The molecule has 0 aromatic heterocycles. The number of benzene rings is 1. The monoisotopic (exact) mass is 281 g/mol. The van der Waals surface area contributed by atoms with Gasteiger partial charge in [0.05, 0.1) is 0 Å². The molecule has 0 bridgehead atoms. The van der Waals surface area contributed by atoms with Crippen molar-refractivity contribution in [1.29, 1.82) is 0 Å². The second kappa shape index (κ2) is 7.63. The lowest BCUT2D eigenvalue weighted by atomic mass is 9.86. The van der Waals surface area contributed by atoms with Crippen molar-refractivity contribution < 1.29 is 9.50 Å². The van der Waals surface area contributed by atoms with E-state index < -0.39 is 0 Å². The highest BCUT2D eigenvalue weighted by atomic mass is 19.1. The van der Waals surface area contributed by atoms with Crippen LogP contribution in [-0.4, -0.2) is 11.7 Å². The molecule has 2 nitrogen and oxygen atoms in total. The van der Waals surface area contributed by atoms with E-state index in [9.17, 15) is 9.50 Å². The van der Waals surface area contributed by atoms with E-state index >= 15 is 0 Å². The molecule has 0 fully saturated rings. The minimum Gasteiger partial charge on any atom is -0.508 e. The molecule has 1 rings (SSSR count). The Labute approximate surface area is 122 Å². The molecule has 114 valence electrons. The van der Waals surface area contributed by atoms with Gasteiger partial charge >= 0.3 is 0 Å². The average molecular weight is 281 g/mol. The van der Waals surface area contributed by atoms with E-state index in [0.29, 0.717) is 5.56 Å². The van der Waals surface area contributed by atoms with E-state index in [-0.39, 0.29) is 23.0 Å². The molecule has 1 unspecified atom stereocenters. The smallest absolute Gasteiger partial charge is 0.123 e. The summed E-state index contributed by atoms with van der Waals surface area (Å²) in [6.45, 7) is 9.51. The summed E-state index contributed by atoms with van der Waals surface area (Å²) in [4.78, 5) is 0. The van der Waals surface area contributed by atoms with Gasteiger partial charge in [-0.2, -0.15) is 0 Å². The third kappa shape index (κ3) is 5.49. The Morgan fingerprint density at radius 2 is 2.00 bits per heavy atom. The summed E-state index contributed by atoms with van der Waals surface area (Å²) >= 11 is 0. The normalized spacial score (nSPS) is 13.4.